The molecule has 6 heterocycles. The number of halogens is 4. The van der Waals surface area contributed by atoms with Crippen LogP contribution in [0.3, 0.4) is 0 Å². The summed E-state index contributed by atoms with van der Waals surface area (Å²) in [5, 5.41) is 0. The van der Waals surface area contributed by atoms with Crippen molar-refractivity contribution >= 4 is 36.5 Å². The van der Waals surface area contributed by atoms with Crippen LogP contribution in [-0.4, -0.2) is 43.3 Å². The van der Waals surface area contributed by atoms with E-state index in [2.05, 4.69) is 23.7 Å². The minimum atomic E-state index is -4.20. The van der Waals surface area contributed by atoms with Crippen LogP contribution in [0, 0.1) is 51.4 Å². The van der Waals surface area contributed by atoms with Crippen LogP contribution in [0.5, 0.6) is 0 Å². The van der Waals surface area contributed by atoms with Gasteiger partial charge in [0.15, 0.2) is 11.4 Å². The monoisotopic (exact) mass is 770 g/mol. The Balaban J connectivity index is 1.13. The third-order valence-corrected chi connectivity index (χ3v) is 12.1. The molecule has 0 spiro atoms. The second-order valence-electron chi connectivity index (χ2n) is 15.7. The number of hydrogen-bond donors (Lipinski definition) is 0. The molecular formula is C48H40B2F4N4. The predicted octanol–water partition coefficient (Wildman–Crippen LogP) is 10.2. The van der Waals surface area contributed by atoms with Gasteiger partial charge in [-0.2, -0.15) is 0 Å². The molecule has 0 amide bonds. The molecule has 0 fully saturated rings. The van der Waals surface area contributed by atoms with Crippen LogP contribution in [0.15, 0.2) is 131 Å². The van der Waals surface area contributed by atoms with E-state index >= 15 is 17.3 Å². The van der Waals surface area contributed by atoms with Gasteiger partial charge in [0, 0.05) is 47.5 Å². The average molecular weight is 770 g/mol. The number of benzene rings is 3. The van der Waals surface area contributed by atoms with E-state index in [1.807, 2.05) is 125 Å². The molecule has 58 heavy (non-hydrogen) atoms. The van der Waals surface area contributed by atoms with Gasteiger partial charge in [0.1, 0.15) is 11.4 Å². The molecule has 0 atom stereocenters. The van der Waals surface area contributed by atoms with Crippen molar-refractivity contribution in [3.05, 3.63) is 187 Å². The molecule has 4 aliphatic rings. The summed E-state index contributed by atoms with van der Waals surface area (Å²) in [6.07, 6.45) is 0. The summed E-state index contributed by atoms with van der Waals surface area (Å²) in [4.78, 5) is 0. The van der Waals surface area contributed by atoms with E-state index in [1.165, 1.54) is 17.9 Å². The lowest BCUT2D eigenvalue weighted by Gasteiger charge is -2.34. The molecule has 0 saturated carbocycles. The molecule has 0 radical (unpaired) electrons. The van der Waals surface area contributed by atoms with Crippen LogP contribution >= 0.6 is 0 Å². The van der Waals surface area contributed by atoms with Crippen molar-refractivity contribution in [1.29, 1.82) is 0 Å². The number of aryl methyl sites for hydroxylation is 4. The van der Waals surface area contributed by atoms with Crippen LogP contribution in [-0.2, 0) is 0 Å². The summed E-state index contributed by atoms with van der Waals surface area (Å²) in [7, 11) is 0. The van der Waals surface area contributed by atoms with Crippen LogP contribution < -0.4 is 0 Å². The maximum Gasteiger partial charge on any atom is 0.737 e. The standard InChI is InChI=1S/C48H40B2F4N4/c1-29-26-31(3)55-45(29)43(39-18-11-9-12-19-39)47-33(5)41(35(7)57(47)49(55,51)52)24-22-37-16-15-17-38(28-37)23-25-42-34(6)48-44(40-20-13-10-14-21-40)46-30(2)27-32(4)56(46)50(53,54)58(48)36(42)8/h9-21,26-28H,1-8H3. The van der Waals surface area contributed by atoms with Crippen molar-refractivity contribution in [2.24, 2.45) is 0 Å². The van der Waals surface area contributed by atoms with Crippen LogP contribution in [0.4, 0.5) is 17.3 Å². The molecule has 4 aliphatic heterocycles. The Morgan fingerprint density at radius 2 is 0.845 bits per heavy atom. The van der Waals surface area contributed by atoms with Gasteiger partial charge in [0.05, 0.1) is 22.3 Å². The highest BCUT2D eigenvalue weighted by atomic mass is 19.3. The molecular weight excluding hydrogens is 730 g/mol. The Morgan fingerprint density at radius 3 is 1.22 bits per heavy atom. The van der Waals surface area contributed by atoms with Gasteiger partial charge in [-0.05, 0) is 106 Å². The number of aromatic nitrogens is 2. The van der Waals surface area contributed by atoms with E-state index in [9.17, 15) is 0 Å². The molecule has 286 valence electrons. The highest BCUT2D eigenvalue weighted by Gasteiger charge is 2.57. The molecule has 5 aromatic rings. The van der Waals surface area contributed by atoms with Gasteiger partial charge in [-0.1, -0.05) is 90.4 Å². The fourth-order valence-electron chi connectivity index (χ4n) is 9.70. The lowest BCUT2D eigenvalue weighted by molar-refractivity contribution is -0.364. The van der Waals surface area contributed by atoms with Gasteiger partial charge in [0.2, 0.25) is 0 Å². The van der Waals surface area contributed by atoms with E-state index in [1.54, 1.807) is 27.7 Å². The normalized spacial score (nSPS) is 17.6. The van der Waals surface area contributed by atoms with E-state index < -0.39 is 13.9 Å². The van der Waals surface area contributed by atoms with Gasteiger partial charge in [0.25, 0.3) is 0 Å². The summed E-state index contributed by atoms with van der Waals surface area (Å²) in [6.45, 7) is 5.98. The Bertz CT molecular complexity index is 2820. The molecule has 10 heteroatoms. The third-order valence-electron chi connectivity index (χ3n) is 12.1. The Kier molecular flexibility index (Phi) is 8.32. The number of rotatable bonds is 2. The largest absolute Gasteiger partial charge is 0.737 e. The van der Waals surface area contributed by atoms with Gasteiger partial charge >= 0.3 is 13.9 Å². The zero-order chi connectivity index (χ0) is 41.0. The summed E-state index contributed by atoms with van der Waals surface area (Å²) in [6, 6.07) is 30.4. The van der Waals surface area contributed by atoms with E-state index in [4.69, 9.17) is 0 Å². The molecule has 0 aliphatic carbocycles. The quantitative estimate of drug-likeness (QED) is 0.0966. The van der Waals surface area contributed by atoms with E-state index in [0.717, 1.165) is 33.4 Å². The van der Waals surface area contributed by atoms with Crippen molar-refractivity contribution in [2.45, 2.75) is 55.4 Å². The topological polar surface area (TPSA) is 15.9 Å². The molecule has 2 aromatic heterocycles. The minimum Gasteiger partial charge on any atom is -0.393 e. The Labute approximate surface area is 336 Å². The van der Waals surface area contributed by atoms with Gasteiger partial charge in [-0.25, -0.2) is 0 Å². The van der Waals surface area contributed by atoms with Crippen LogP contribution in [0.2, 0.25) is 0 Å². The van der Waals surface area contributed by atoms with Gasteiger partial charge in [-0.15, -0.1) is 0 Å². The number of fused-ring (bicyclic) bond motifs is 4. The van der Waals surface area contributed by atoms with Crippen molar-refractivity contribution in [1.82, 2.24) is 8.96 Å². The van der Waals surface area contributed by atoms with E-state index in [0.29, 0.717) is 79.0 Å². The van der Waals surface area contributed by atoms with Crippen molar-refractivity contribution in [3.8, 4) is 23.7 Å². The van der Waals surface area contributed by atoms with Gasteiger partial charge in [-0.3, -0.25) is 0 Å². The molecule has 4 nitrogen and oxygen atoms in total. The average Bonchev–Trinajstić information content (AvgIpc) is 3.84. The second kappa shape index (κ2) is 13.0. The minimum absolute atomic E-state index is 0.400. The molecule has 0 saturated heterocycles. The van der Waals surface area contributed by atoms with Crippen molar-refractivity contribution < 1.29 is 26.2 Å². The maximum absolute atomic E-state index is 16.7. The first-order valence-electron chi connectivity index (χ1n) is 19.5. The molecule has 0 N–H and O–H groups in total. The van der Waals surface area contributed by atoms with Crippen molar-refractivity contribution in [2.75, 3.05) is 0 Å². The fourth-order valence-corrected chi connectivity index (χ4v) is 9.70. The fraction of sp³-hybridized carbons (Fsp3) is 0.167. The summed E-state index contributed by atoms with van der Waals surface area (Å²) >= 11 is 0. The third kappa shape index (κ3) is 5.21. The highest BCUT2D eigenvalue weighted by molar-refractivity contribution is 6.59. The van der Waals surface area contributed by atoms with Gasteiger partial charge < -0.3 is 35.2 Å². The number of allylic oxidation sites excluding steroid dienone is 4. The lowest BCUT2D eigenvalue weighted by Crippen LogP contribution is -2.51. The van der Waals surface area contributed by atoms with Crippen LogP contribution in [0.25, 0.3) is 11.1 Å². The number of hydrogen-bond acceptors (Lipinski definition) is 0. The van der Waals surface area contributed by atoms with Crippen molar-refractivity contribution in [3.63, 3.8) is 0 Å². The summed E-state index contributed by atoms with van der Waals surface area (Å²) in [5.41, 5.74) is 12.4. The Hall–Kier alpha value is -6.51. The highest BCUT2D eigenvalue weighted by Crippen LogP contribution is 2.47. The molecule has 3 aromatic carbocycles. The lowest BCUT2D eigenvalue weighted by atomic mass is 9.84. The molecule has 0 bridgehead atoms. The predicted molar refractivity (Wildman–Crippen MR) is 227 cm³/mol. The molecule has 9 rings (SSSR count). The second-order valence-corrected chi connectivity index (χ2v) is 15.7. The van der Waals surface area contributed by atoms with E-state index in [-0.39, 0.29) is 0 Å². The summed E-state index contributed by atoms with van der Waals surface area (Å²) in [5.74, 6) is 13.0. The first-order chi connectivity index (χ1) is 27.6. The zero-order valence-electron chi connectivity index (χ0n) is 33.7. The summed E-state index contributed by atoms with van der Waals surface area (Å²) < 4.78 is 71.5. The smallest absolute Gasteiger partial charge is 0.393 e. The zero-order valence-corrected chi connectivity index (χ0v) is 33.7. The maximum atomic E-state index is 16.7. The Morgan fingerprint density at radius 1 is 0.466 bits per heavy atom. The number of nitrogens with zero attached hydrogens (tertiary/aromatic N) is 4. The first kappa shape index (κ1) is 37.1. The SMILES string of the molecule is CC1=C(C#Cc2cccc(C#CC3=C(C)C4=C(c5ccccc5)c5c(C)cc(C)n5[B-](F)(F)[N+]4=C3C)c2)C(C)=[N+]2C1=C(c1ccccc1)c1c(C)cc(C)n1[B-]2(F)F. The first-order valence-corrected chi connectivity index (χ1v) is 19.5. The molecule has 0 unspecified atom stereocenters. The van der Waals surface area contributed by atoms with Crippen LogP contribution in [0.1, 0.15) is 83.9 Å².